The highest BCUT2D eigenvalue weighted by Crippen LogP contribution is 2.35. The van der Waals surface area contributed by atoms with Gasteiger partial charge in [-0.05, 0) is 42.9 Å². The molecule has 0 aliphatic carbocycles. The Morgan fingerprint density at radius 3 is 2.43 bits per heavy atom. The van der Waals surface area contributed by atoms with Crippen molar-refractivity contribution in [2.75, 3.05) is 10.1 Å². The van der Waals surface area contributed by atoms with Crippen molar-refractivity contribution >= 4 is 15.7 Å². The summed E-state index contributed by atoms with van der Waals surface area (Å²) in [5.74, 6) is 0.196. The van der Waals surface area contributed by atoms with Crippen molar-refractivity contribution in [3.05, 3.63) is 42.0 Å². The lowest BCUT2D eigenvalue weighted by atomic mass is 9.85. The SMILES string of the molecule is C/C=C\CC1CCS(=O)(=O)N1c1ccc(C(O)C(C)(C)C)cc1. The van der Waals surface area contributed by atoms with Crippen molar-refractivity contribution in [2.45, 2.75) is 52.7 Å². The maximum Gasteiger partial charge on any atom is 0.235 e. The first kappa shape index (κ1) is 18.0. The number of anilines is 1. The molecule has 23 heavy (non-hydrogen) atoms. The first-order valence-corrected chi connectivity index (χ1v) is 9.69. The molecule has 0 bridgehead atoms. The molecule has 5 heteroatoms. The second-order valence-corrected chi connectivity index (χ2v) is 9.18. The van der Waals surface area contributed by atoms with Crippen LogP contribution in [0.1, 0.15) is 52.2 Å². The van der Waals surface area contributed by atoms with Crippen LogP contribution in [-0.4, -0.2) is 25.3 Å². The lowest BCUT2D eigenvalue weighted by molar-refractivity contribution is 0.0627. The summed E-state index contributed by atoms with van der Waals surface area (Å²) < 4.78 is 26.3. The van der Waals surface area contributed by atoms with Gasteiger partial charge in [0.15, 0.2) is 0 Å². The Labute approximate surface area is 139 Å². The third-order valence-electron chi connectivity index (χ3n) is 4.27. The Kier molecular flexibility index (Phi) is 5.21. The summed E-state index contributed by atoms with van der Waals surface area (Å²) in [6, 6.07) is 7.23. The number of hydrogen-bond acceptors (Lipinski definition) is 3. The van der Waals surface area contributed by atoms with Gasteiger partial charge >= 0.3 is 0 Å². The Morgan fingerprint density at radius 2 is 1.91 bits per heavy atom. The van der Waals surface area contributed by atoms with E-state index in [-0.39, 0.29) is 17.2 Å². The van der Waals surface area contributed by atoms with Crippen molar-refractivity contribution in [1.82, 2.24) is 0 Å². The quantitative estimate of drug-likeness (QED) is 0.853. The monoisotopic (exact) mass is 337 g/mol. The zero-order valence-corrected chi connectivity index (χ0v) is 15.2. The molecule has 1 aliphatic heterocycles. The van der Waals surface area contributed by atoms with Crippen LogP contribution in [0.25, 0.3) is 0 Å². The highest BCUT2D eigenvalue weighted by Gasteiger charge is 2.36. The van der Waals surface area contributed by atoms with Crippen molar-refractivity contribution < 1.29 is 13.5 Å². The van der Waals surface area contributed by atoms with Crippen LogP contribution in [0.5, 0.6) is 0 Å². The molecule has 2 unspecified atom stereocenters. The third kappa shape index (κ3) is 3.96. The summed E-state index contributed by atoms with van der Waals surface area (Å²) in [6.07, 6.45) is 4.76. The number of allylic oxidation sites excluding steroid dienone is 1. The third-order valence-corrected chi connectivity index (χ3v) is 6.13. The summed E-state index contributed by atoms with van der Waals surface area (Å²) in [4.78, 5) is 0. The molecular formula is C18H27NO3S. The van der Waals surface area contributed by atoms with Gasteiger partial charge in [-0.2, -0.15) is 0 Å². The molecule has 1 N–H and O–H groups in total. The summed E-state index contributed by atoms with van der Waals surface area (Å²) in [5.41, 5.74) is 1.24. The zero-order valence-electron chi connectivity index (χ0n) is 14.4. The number of benzene rings is 1. The van der Waals surface area contributed by atoms with E-state index >= 15 is 0 Å². The van der Waals surface area contributed by atoms with E-state index in [1.807, 2.05) is 52.0 Å². The van der Waals surface area contributed by atoms with E-state index in [0.29, 0.717) is 12.1 Å². The van der Waals surface area contributed by atoms with Crippen molar-refractivity contribution in [3.63, 3.8) is 0 Å². The maximum absolute atomic E-state index is 12.4. The molecule has 1 heterocycles. The van der Waals surface area contributed by atoms with Crippen molar-refractivity contribution in [1.29, 1.82) is 0 Å². The molecule has 1 aromatic carbocycles. The number of aliphatic hydroxyl groups excluding tert-OH is 1. The molecule has 2 atom stereocenters. The number of sulfonamides is 1. The standard InChI is InChI=1S/C18H27NO3S/c1-5-6-7-15-12-13-23(21,22)19(15)16-10-8-14(9-11-16)17(20)18(2,3)4/h5-6,8-11,15,17,20H,7,12-13H2,1-4H3/b6-5-. The molecule has 1 saturated heterocycles. The molecule has 2 rings (SSSR count). The predicted octanol–water partition coefficient (Wildman–Crippen LogP) is 3.64. The molecule has 128 valence electrons. The summed E-state index contributed by atoms with van der Waals surface area (Å²) >= 11 is 0. The predicted molar refractivity (Wildman–Crippen MR) is 95.0 cm³/mol. The first-order chi connectivity index (χ1) is 10.7. The largest absolute Gasteiger partial charge is 0.388 e. The van der Waals surface area contributed by atoms with E-state index in [1.54, 1.807) is 16.4 Å². The van der Waals surface area contributed by atoms with Gasteiger partial charge < -0.3 is 5.11 Å². The number of rotatable bonds is 4. The zero-order chi connectivity index (χ0) is 17.3. The fourth-order valence-electron chi connectivity index (χ4n) is 2.91. The Hall–Kier alpha value is -1.33. The van der Waals surface area contributed by atoms with E-state index < -0.39 is 16.1 Å². The topological polar surface area (TPSA) is 57.6 Å². The average molecular weight is 337 g/mol. The van der Waals surface area contributed by atoms with Gasteiger partial charge in [0.2, 0.25) is 10.0 Å². The minimum atomic E-state index is -3.24. The molecule has 0 spiro atoms. The van der Waals surface area contributed by atoms with Crippen molar-refractivity contribution in [3.8, 4) is 0 Å². The second kappa shape index (κ2) is 6.65. The van der Waals surface area contributed by atoms with Crippen LogP contribution >= 0.6 is 0 Å². The van der Waals surface area contributed by atoms with Crippen molar-refractivity contribution in [2.24, 2.45) is 5.41 Å². The average Bonchev–Trinajstić information content (AvgIpc) is 2.78. The lowest BCUT2D eigenvalue weighted by Gasteiger charge is -2.28. The van der Waals surface area contributed by atoms with Crippen LogP contribution in [0.2, 0.25) is 0 Å². The van der Waals surface area contributed by atoms with Gasteiger partial charge in [-0.15, -0.1) is 0 Å². The molecule has 4 nitrogen and oxygen atoms in total. The Morgan fingerprint density at radius 1 is 1.30 bits per heavy atom. The van der Waals surface area contributed by atoms with E-state index in [1.165, 1.54) is 0 Å². The fraction of sp³-hybridized carbons (Fsp3) is 0.556. The van der Waals surface area contributed by atoms with E-state index in [2.05, 4.69) is 0 Å². The van der Waals surface area contributed by atoms with Gasteiger partial charge in [-0.3, -0.25) is 4.31 Å². The molecule has 0 amide bonds. The van der Waals surface area contributed by atoms with Crippen LogP contribution in [0.15, 0.2) is 36.4 Å². The minimum Gasteiger partial charge on any atom is -0.388 e. The van der Waals surface area contributed by atoms with Crippen LogP contribution in [-0.2, 0) is 10.0 Å². The fourth-order valence-corrected chi connectivity index (χ4v) is 4.76. The molecule has 1 fully saturated rings. The first-order valence-electron chi connectivity index (χ1n) is 8.08. The molecule has 0 radical (unpaired) electrons. The van der Waals surface area contributed by atoms with Gasteiger partial charge in [0.1, 0.15) is 0 Å². The van der Waals surface area contributed by atoms with Crippen LogP contribution in [0, 0.1) is 5.41 Å². The van der Waals surface area contributed by atoms with Gasteiger partial charge in [0.05, 0.1) is 17.5 Å². The number of nitrogens with zero attached hydrogens (tertiary/aromatic N) is 1. The van der Waals surface area contributed by atoms with E-state index in [0.717, 1.165) is 12.0 Å². The highest BCUT2D eigenvalue weighted by atomic mass is 32.2. The van der Waals surface area contributed by atoms with Crippen LogP contribution in [0.3, 0.4) is 0 Å². The molecule has 0 aromatic heterocycles. The molecular weight excluding hydrogens is 310 g/mol. The van der Waals surface area contributed by atoms with Crippen LogP contribution < -0.4 is 4.31 Å². The number of aliphatic hydroxyl groups is 1. The van der Waals surface area contributed by atoms with Gasteiger partial charge in [0.25, 0.3) is 0 Å². The van der Waals surface area contributed by atoms with Gasteiger partial charge in [0, 0.05) is 6.04 Å². The maximum atomic E-state index is 12.4. The summed E-state index contributed by atoms with van der Waals surface area (Å²) in [6.45, 7) is 7.87. The molecule has 0 saturated carbocycles. The normalized spacial score (nSPS) is 22.7. The highest BCUT2D eigenvalue weighted by molar-refractivity contribution is 7.93. The van der Waals surface area contributed by atoms with Gasteiger partial charge in [-0.1, -0.05) is 45.1 Å². The molecule has 1 aromatic rings. The minimum absolute atomic E-state index is 0.0189. The molecule has 1 aliphatic rings. The second-order valence-electron chi connectivity index (χ2n) is 7.22. The Balaban J connectivity index is 2.29. The van der Waals surface area contributed by atoms with Crippen LogP contribution in [0.4, 0.5) is 5.69 Å². The number of hydrogen-bond donors (Lipinski definition) is 1. The van der Waals surface area contributed by atoms with Gasteiger partial charge in [-0.25, -0.2) is 8.42 Å². The lowest BCUT2D eigenvalue weighted by Crippen LogP contribution is -2.32. The van der Waals surface area contributed by atoms with E-state index in [9.17, 15) is 13.5 Å². The smallest absolute Gasteiger partial charge is 0.235 e. The Bertz CT molecular complexity index is 657. The summed E-state index contributed by atoms with van der Waals surface area (Å²) in [7, 11) is -3.24. The summed E-state index contributed by atoms with van der Waals surface area (Å²) in [5, 5.41) is 10.3. The van der Waals surface area contributed by atoms with E-state index in [4.69, 9.17) is 0 Å².